The molecule has 0 unspecified atom stereocenters. The van der Waals surface area contributed by atoms with Gasteiger partial charge in [-0.15, -0.1) is 0 Å². The zero-order chi connectivity index (χ0) is 23.2. The lowest BCUT2D eigenvalue weighted by molar-refractivity contribution is -0.168. The van der Waals surface area contributed by atoms with Gasteiger partial charge in [0.15, 0.2) is 11.6 Å². The van der Waals surface area contributed by atoms with E-state index in [4.69, 9.17) is 9.47 Å². The van der Waals surface area contributed by atoms with Gasteiger partial charge in [0.05, 0.1) is 18.5 Å². The first kappa shape index (κ1) is 21.6. The molecule has 4 aliphatic carbocycles. The highest BCUT2D eigenvalue weighted by Crippen LogP contribution is 2.69. The standard InChI is InChI=1S/C29H36O4/c1-27(2)32-25-22-14-23(31)18(16-30)15-29(22,4)21-12-13-28(3)19(17-8-6-5-7-9-17)10-11-20(28)24(21)26(25)33-27/h5-10,16,20-22,24-26,30H,11-15H2,1-4H3/b18-16+/t20-,21-,22+,24-,25+,26+,28+,29+/m0/s1. The smallest absolute Gasteiger partial charge is 0.163 e. The van der Waals surface area contributed by atoms with Gasteiger partial charge in [0.2, 0.25) is 0 Å². The molecule has 4 heteroatoms. The first-order chi connectivity index (χ1) is 15.7. The Morgan fingerprint density at radius 2 is 1.73 bits per heavy atom. The molecule has 0 spiro atoms. The lowest BCUT2D eigenvalue weighted by Crippen LogP contribution is -2.63. The third-order valence-corrected chi connectivity index (χ3v) is 10.1. The number of rotatable bonds is 1. The van der Waals surface area contributed by atoms with Crippen LogP contribution in [0, 0.1) is 34.5 Å². The zero-order valence-electron chi connectivity index (χ0n) is 20.2. The molecule has 33 heavy (non-hydrogen) atoms. The molecule has 3 saturated carbocycles. The molecule has 8 atom stereocenters. The zero-order valence-corrected chi connectivity index (χ0v) is 20.2. The Labute approximate surface area is 197 Å². The quantitative estimate of drug-likeness (QED) is 0.418. The molecule has 1 heterocycles. The van der Waals surface area contributed by atoms with Crippen LogP contribution >= 0.6 is 0 Å². The van der Waals surface area contributed by atoms with Crippen molar-refractivity contribution in [1.82, 2.24) is 0 Å². The minimum absolute atomic E-state index is 0.0173. The Bertz CT molecular complexity index is 1040. The second-order valence-electron chi connectivity index (χ2n) is 12.1. The van der Waals surface area contributed by atoms with Crippen LogP contribution in [-0.2, 0) is 14.3 Å². The van der Waals surface area contributed by atoms with Gasteiger partial charge in [-0.2, -0.15) is 0 Å². The van der Waals surface area contributed by atoms with Crippen molar-refractivity contribution in [3.63, 3.8) is 0 Å². The summed E-state index contributed by atoms with van der Waals surface area (Å²) in [5.74, 6) is 0.888. The fourth-order valence-corrected chi connectivity index (χ4v) is 8.71. The van der Waals surface area contributed by atoms with Crippen molar-refractivity contribution in [3.8, 4) is 0 Å². The Balaban J connectivity index is 1.43. The van der Waals surface area contributed by atoms with Crippen LogP contribution in [0.15, 0.2) is 48.2 Å². The molecule has 4 fully saturated rings. The number of fused-ring (bicyclic) bond motifs is 8. The van der Waals surface area contributed by atoms with Gasteiger partial charge in [0.25, 0.3) is 0 Å². The topological polar surface area (TPSA) is 55.8 Å². The van der Waals surface area contributed by atoms with Gasteiger partial charge in [-0.05, 0) is 79.3 Å². The van der Waals surface area contributed by atoms with Gasteiger partial charge in [0, 0.05) is 17.9 Å². The second kappa shape index (κ2) is 7.05. The average Bonchev–Trinajstić information content (AvgIpc) is 3.30. The number of ketones is 1. The first-order valence-electron chi connectivity index (χ1n) is 12.7. The minimum atomic E-state index is -0.635. The normalized spacial score (nSPS) is 46.8. The van der Waals surface area contributed by atoms with E-state index in [0.29, 0.717) is 36.2 Å². The first-order valence-corrected chi connectivity index (χ1v) is 12.7. The number of carbonyl (C=O) groups excluding carboxylic acids is 1. The lowest BCUT2D eigenvalue weighted by Gasteiger charge is -2.62. The third-order valence-electron chi connectivity index (χ3n) is 10.1. The van der Waals surface area contributed by atoms with Gasteiger partial charge < -0.3 is 14.6 Å². The van der Waals surface area contributed by atoms with Crippen LogP contribution in [-0.4, -0.2) is 28.9 Å². The summed E-state index contributed by atoms with van der Waals surface area (Å²) < 4.78 is 13.3. The highest BCUT2D eigenvalue weighted by Gasteiger charge is 2.68. The molecule has 1 N–H and O–H groups in total. The second-order valence-corrected chi connectivity index (χ2v) is 12.1. The van der Waals surface area contributed by atoms with Crippen LogP contribution in [0.25, 0.3) is 5.57 Å². The molecule has 5 aliphatic rings. The van der Waals surface area contributed by atoms with Crippen LogP contribution in [0.3, 0.4) is 0 Å². The number of aliphatic hydroxyl groups is 1. The predicted octanol–water partition coefficient (Wildman–Crippen LogP) is 6.08. The van der Waals surface area contributed by atoms with Crippen molar-refractivity contribution < 1.29 is 19.4 Å². The highest BCUT2D eigenvalue weighted by molar-refractivity contribution is 5.96. The van der Waals surface area contributed by atoms with E-state index in [1.54, 1.807) is 0 Å². The van der Waals surface area contributed by atoms with Crippen molar-refractivity contribution in [2.75, 3.05) is 0 Å². The molecule has 176 valence electrons. The molecule has 0 bridgehead atoms. The Kier molecular flexibility index (Phi) is 4.62. The summed E-state index contributed by atoms with van der Waals surface area (Å²) >= 11 is 0. The van der Waals surface area contributed by atoms with Crippen molar-refractivity contribution in [1.29, 1.82) is 0 Å². The molecule has 1 aliphatic heterocycles. The monoisotopic (exact) mass is 448 g/mol. The van der Waals surface area contributed by atoms with Crippen molar-refractivity contribution >= 4 is 11.4 Å². The maximum Gasteiger partial charge on any atom is 0.163 e. The fraction of sp³-hybridized carbons (Fsp3) is 0.621. The SMILES string of the molecule is CC1(C)O[C@H]2[C@H](O1)[C@H]1CC(=O)/C(=C/O)C[C@]1(C)[C@H]1CC[C@]3(C)C(c4ccccc4)=CC[C@H]3[C@H]21. The summed E-state index contributed by atoms with van der Waals surface area (Å²) in [6.07, 6.45) is 7.92. The molecule has 0 radical (unpaired) electrons. The Morgan fingerprint density at radius 1 is 1.00 bits per heavy atom. The number of hydrogen-bond acceptors (Lipinski definition) is 4. The predicted molar refractivity (Wildman–Crippen MR) is 127 cm³/mol. The van der Waals surface area contributed by atoms with Crippen LogP contribution in [0.2, 0.25) is 0 Å². The number of carbonyl (C=O) groups is 1. The molecule has 6 rings (SSSR count). The summed E-state index contributed by atoms with van der Waals surface area (Å²) in [7, 11) is 0. The molecule has 1 aromatic carbocycles. The maximum absolute atomic E-state index is 12.8. The number of aliphatic hydroxyl groups excluding tert-OH is 1. The number of ether oxygens (including phenoxy) is 2. The van der Waals surface area contributed by atoms with E-state index in [0.717, 1.165) is 25.5 Å². The van der Waals surface area contributed by atoms with Gasteiger partial charge in [-0.3, -0.25) is 4.79 Å². The Hall–Kier alpha value is -1.91. The van der Waals surface area contributed by atoms with E-state index in [1.807, 2.05) is 13.8 Å². The highest BCUT2D eigenvalue weighted by atomic mass is 16.8. The van der Waals surface area contributed by atoms with Gasteiger partial charge in [0.1, 0.15) is 0 Å². The van der Waals surface area contributed by atoms with E-state index in [9.17, 15) is 9.90 Å². The fourth-order valence-electron chi connectivity index (χ4n) is 8.71. The molecular weight excluding hydrogens is 412 g/mol. The maximum atomic E-state index is 12.8. The van der Waals surface area contributed by atoms with E-state index < -0.39 is 5.79 Å². The number of hydrogen-bond donors (Lipinski definition) is 1. The van der Waals surface area contributed by atoms with Gasteiger partial charge in [-0.1, -0.05) is 50.3 Å². The van der Waals surface area contributed by atoms with Crippen LogP contribution in [0.1, 0.15) is 65.4 Å². The van der Waals surface area contributed by atoms with E-state index in [-0.39, 0.29) is 34.7 Å². The Morgan fingerprint density at radius 3 is 2.45 bits per heavy atom. The van der Waals surface area contributed by atoms with Crippen molar-refractivity contribution in [3.05, 3.63) is 53.8 Å². The van der Waals surface area contributed by atoms with Crippen molar-refractivity contribution in [2.24, 2.45) is 34.5 Å². The van der Waals surface area contributed by atoms with E-state index in [2.05, 4.69) is 50.3 Å². The molecular formula is C29H36O4. The van der Waals surface area contributed by atoms with E-state index >= 15 is 0 Å². The van der Waals surface area contributed by atoms with Crippen LogP contribution in [0.4, 0.5) is 0 Å². The molecule has 1 saturated heterocycles. The van der Waals surface area contributed by atoms with E-state index in [1.165, 1.54) is 11.1 Å². The number of benzene rings is 1. The van der Waals surface area contributed by atoms with Gasteiger partial charge in [-0.25, -0.2) is 0 Å². The largest absolute Gasteiger partial charge is 0.515 e. The molecule has 1 aromatic rings. The summed E-state index contributed by atoms with van der Waals surface area (Å²) in [6, 6.07) is 10.9. The molecule has 0 aromatic heterocycles. The molecule has 0 amide bonds. The van der Waals surface area contributed by atoms with Crippen LogP contribution in [0.5, 0.6) is 0 Å². The summed E-state index contributed by atoms with van der Waals surface area (Å²) in [5.41, 5.74) is 3.46. The summed E-state index contributed by atoms with van der Waals surface area (Å²) in [6.45, 7) is 8.87. The lowest BCUT2D eigenvalue weighted by atomic mass is 9.43. The number of allylic oxidation sites excluding steroid dienone is 3. The summed E-state index contributed by atoms with van der Waals surface area (Å²) in [4.78, 5) is 12.8. The summed E-state index contributed by atoms with van der Waals surface area (Å²) in [5, 5.41) is 9.84. The average molecular weight is 449 g/mol. The van der Waals surface area contributed by atoms with Crippen molar-refractivity contribution in [2.45, 2.75) is 77.8 Å². The van der Waals surface area contributed by atoms with Crippen LogP contribution < -0.4 is 0 Å². The number of Topliss-reactive ketones (excluding diaryl/α,β-unsaturated/α-hetero) is 1. The minimum Gasteiger partial charge on any atom is -0.515 e. The third kappa shape index (κ3) is 2.93. The van der Waals surface area contributed by atoms with Gasteiger partial charge >= 0.3 is 0 Å². The molecule has 4 nitrogen and oxygen atoms in total.